The lowest BCUT2D eigenvalue weighted by Gasteiger charge is -2.18. The highest BCUT2D eigenvalue weighted by atomic mass is 79.9. The number of pyridine rings is 1. The van der Waals surface area contributed by atoms with Gasteiger partial charge in [-0.15, -0.1) is 0 Å². The van der Waals surface area contributed by atoms with E-state index in [1.165, 1.54) is 25.7 Å². The SMILES string of the molecule is Cc1nc(NC(C2CC2)C2CC2)ccc1Br. The second-order valence-electron chi connectivity index (χ2n) is 5.11. The third-order valence-electron chi connectivity index (χ3n) is 3.60. The molecule has 86 valence electrons. The molecule has 1 aromatic rings. The van der Waals surface area contributed by atoms with Crippen molar-refractivity contribution in [3.63, 3.8) is 0 Å². The van der Waals surface area contributed by atoms with Gasteiger partial charge in [-0.1, -0.05) is 0 Å². The third-order valence-corrected chi connectivity index (χ3v) is 4.43. The van der Waals surface area contributed by atoms with E-state index < -0.39 is 0 Å². The number of aryl methyl sites for hydroxylation is 1. The topological polar surface area (TPSA) is 24.9 Å². The molecule has 0 spiro atoms. The lowest BCUT2D eigenvalue weighted by molar-refractivity contribution is 0.565. The van der Waals surface area contributed by atoms with E-state index in [9.17, 15) is 0 Å². The van der Waals surface area contributed by atoms with Crippen molar-refractivity contribution in [2.24, 2.45) is 11.8 Å². The van der Waals surface area contributed by atoms with Crippen LogP contribution in [0.2, 0.25) is 0 Å². The van der Waals surface area contributed by atoms with Gasteiger partial charge in [0.05, 0.1) is 5.69 Å². The van der Waals surface area contributed by atoms with Gasteiger partial charge in [-0.2, -0.15) is 0 Å². The van der Waals surface area contributed by atoms with E-state index >= 15 is 0 Å². The van der Waals surface area contributed by atoms with E-state index in [-0.39, 0.29) is 0 Å². The summed E-state index contributed by atoms with van der Waals surface area (Å²) in [5.74, 6) is 2.88. The summed E-state index contributed by atoms with van der Waals surface area (Å²) in [5, 5.41) is 3.64. The molecular weight excluding hydrogens is 264 g/mol. The van der Waals surface area contributed by atoms with E-state index in [0.717, 1.165) is 27.8 Å². The van der Waals surface area contributed by atoms with Crippen molar-refractivity contribution < 1.29 is 0 Å². The van der Waals surface area contributed by atoms with Crippen LogP contribution in [0.3, 0.4) is 0 Å². The second kappa shape index (κ2) is 4.02. The molecular formula is C13H17BrN2. The Morgan fingerprint density at radius 3 is 2.38 bits per heavy atom. The van der Waals surface area contributed by atoms with Crippen molar-refractivity contribution in [3.05, 3.63) is 22.3 Å². The van der Waals surface area contributed by atoms with Crippen molar-refractivity contribution in [3.8, 4) is 0 Å². The van der Waals surface area contributed by atoms with Crippen LogP contribution < -0.4 is 5.32 Å². The van der Waals surface area contributed by atoms with Gasteiger partial charge in [0.15, 0.2) is 0 Å². The van der Waals surface area contributed by atoms with Crippen LogP contribution in [-0.2, 0) is 0 Å². The summed E-state index contributed by atoms with van der Waals surface area (Å²) in [7, 11) is 0. The first-order valence-electron chi connectivity index (χ1n) is 6.14. The van der Waals surface area contributed by atoms with Gasteiger partial charge >= 0.3 is 0 Å². The first-order chi connectivity index (χ1) is 7.74. The maximum atomic E-state index is 4.57. The minimum Gasteiger partial charge on any atom is -0.367 e. The second-order valence-corrected chi connectivity index (χ2v) is 5.96. The number of anilines is 1. The molecule has 0 amide bonds. The number of nitrogens with zero attached hydrogens (tertiary/aromatic N) is 1. The summed E-state index contributed by atoms with van der Waals surface area (Å²) < 4.78 is 1.09. The van der Waals surface area contributed by atoms with Gasteiger partial charge in [0.2, 0.25) is 0 Å². The molecule has 0 unspecified atom stereocenters. The van der Waals surface area contributed by atoms with Gasteiger partial charge in [0.1, 0.15) is 5.82 Å². The predicted molar refractivity (Wildman–Crippen MR) is 69.5 cm³/mol. The maximum absolute atomic E-state index is 4.57. The van der Waals surface area contributed by atoms with Crippen LogP contribution in [-0.4, -0.2) is 11.0 Å². The van der Waals surface area contributed by atoms with Crippen molar-refractivity contribution in [1.82, 2.24) is 4.98 Å². The molecule has 1 aromatic heterocycles. The molecule has 2 aliphatic rings. The van der Waals surface area contributed by atoms with E-state index in [4.69, 9.17) is 0 Å². The fourth-order valence-electron chi connectivity index (χ4n) is 2.33. The highest BCUT2D eigenvalue weighted by Crippen LogP contribution is 2.45. The summed E-state index contributed by atoms with van der Waals surface area (Å²) in [6.07, 6.45) is 5.63. The zero-order valence-electron chi connectivity index (χ0n) is 9.54. The Morgan fingerprint density at radius 2 is 1.88 bits per heavy atom. The molecule has 0 atom stereocenters. The normalized spacial score (nSPS) is 20.2. The summed E-state index contributed by atoms with van der Waals surface area (Å²) in [6, 6.07) is 4.85. The first-order valence-corrected chi connectivity index (χ1v) is 6.93. The van der Waals surface area contributed by atoms with E-state index in [2.05, 4.69) is 38.4 Å². The van der Waals surface area contributed by atoms with Gasteiger partial charge in [-0.05, 0) is 72.5 Å². The van der Waals surface area contributed by atoms with Crippen molar-refractivity contribution in [2.75, 3.05) is 5.32 Å². The molecule has 2 aliphatic carbocycles. The average Bonchev–Trinajstić information content (AvgIpc) is 3.14. The van der Waals surface area contributed by atoms with Crippen LogP contribution in [0.4, 0.5) is 5.82 Å². The Hall–Kier alpha value is -0.570. The number of hydrogen-bond donors (Lipinski definition) is 1. The van der Waals surface area contributed by atoms with Crippen molar-refractivity contribution in [1.29, 1.82) is 0 Å². The number of aromatic nitrogens is 1. The van der Waals surface area contributed by atoms with Gasteiger partial charge in [0, 0.05) is 10.5 Å². The Labute approximate surface area is 105 Å². The van der Waals surface area contributed by atoms with Crippen molar-refractivity contribution in [2.45, 2.75) is 38.6 Å². The minimum absolute atomic E-state index is 0.688. The molecule has 2 fully saturated rings. The van der Waals surface area contributed by atoms with Crippen LogP contribution in [0.1, 0.15) is 31.4 Å². The lowest BCUT2D eigenvalue weighted by Crippen LogP contribution is -2.24. The number of rotatable bonds is 4. The van der Waals surface area contributed by atoms with Gasteiger partial charge in [0.25, 0.3) is 0 Å². The molecule has 2 nitrogen and oxygen atoms in total. The number of hydrogen-bond acceptors (Lipinski definition) is 2. The van der Waals surface area contributed by atoms with Crippen LogP contribution in [0.5, 0.6) is 0 Å². The molecule has 2 saturated carbocycles. The molecule has 0 saturated heterocycles. The quantitative estimate of drug-likeness (QED) is 0.909. The Kier molecular flexibility index (Phi) is 2.66. The molecule has 0 radical (unpaired) electrons. The van der Waals surface area contributed by atoms with Gasteiger partial charge in [-0.3, -0.25) is 0 Å². The molecule has 0 bridgehead atoms. The largest absolute Gasteiger partial charge is 0.367 e. The summed E-state index contributed by atoms with van der Waals surface area (Å²) in [5.41, 5.74) is 1.07. The standard InChI is InChI=1S/C13H17BrN2/c1-8-11(14)6-7-12(15-8)16-13(9-2-3-9)10-4-5-10/h6-7,9-10,13H,2-5H2,1H3,(H,15,16). The zero-order valence-corrected chi connectivity index (χ0v) is 11.1. The number of halogens is 1. The monoisotopic (exact) mass is 280 g/mol. The molecule has 0 aromatic carbocycles. The van der Waals surface area contributed by atoms with Crippen LogP contribution in [0.15, 0.2) is 16.6 Å². The van der Waals surface area contributed by atoms with Crippen LogP contribution >= 0.6 is 15.9 Å². The van der Waals surface area contributed by atoms with E-state index in [1.807, 2.05) is 6.92 Å². The molecule has 1 N–H and O–H groups in total. The Balaban J connectivity index is 1.73. The minimum atomic E-state index is 0.688. The summed E-state index contributed by atoms with van der Waals surface area (Å²) in [6.45, 7) is 2.04. The van der Waals surface area contributed by atoms with E-state index in [1.54, 1.807) is 0 Å². The van der Waals surface area contributed by atoms with Crippen LogP contribution in [0, 0.1) is 18.8 Å². The fraction of sp³-hybridized carbons (Fsp3) is 0.615. The maximum Gasteiger partial charge on any atom is 0.126 e. The molecule has 16 heavy (non-hydrogen) atoms. The average molecular weight is 281 g/mol. The Morgan fingerprint density at radius 1 is 1.25 bits per heavy atom. The summed E-state index contributed by atoms with van der Waals surface area (Å²) >= 11 is 3.49. The van der Waals surface area contributed by atoms with Crippen molar-refractivity contribution >= 4 is 21.7 Å². The van der Waals surface area contributed by atoms with Crippen LogP contribution in [0.25, 0.3) is 0 Å². The van der Waals surface area contributed by atoms with Gasteiger partial charge < -0.3 is 5.32 Å². The highest BCUT2D eigenvalue weighted by Gasteiger charge is 2.41. The summed E-state index contributed by atoms with van der Waals surface area (Å²) in [4.78, 5) is 4.57. The number of nitrogens with one attached hydrogen (secondary N) is 1. The molecule has 0 aliphatic heterocycles. The predicted octanol–water partition coefficient (Wildman–Crippen LogP) is 3.75. The fourth-order valence-corrected chi connectivity index (χ4v) is 2.55. The smallest absolute Gasteiger partial charge is 0.126 e. The first kappa shape index (κ1) is 10.6. The van der Waals surface area contributed by atoms with Gasteiger partial charge in [-0.25, -0.2) is 4.98 Å². The highest BCUT2D eigenvalue weighted by molar-refractivity contribution is 9.10. The molecule has 1 heterocycles. The lowest BCUT2D eigenvalue weighted by atomic mass is 10.1. The third kappa shape index (κ3) is 2.24. The Bertz CT molecular complexity index is 385. The molecule has 3 rings (SSSR count). The van der Waals surface area contributed by atoms with E-state index in [0.29, 0.717) is 6.04 Å². The zero-order chi connectivity index (χ0) is 11.1. The molecule has 3 heteroatoms.